The fourth-order valence-corrected chi connectivity index (χ4v) is 8.84. The smallest absolute Gasteiger partial charge is 0.143 e. The standard InChI is InChI=1S/C51H34N4O2/c1-3-13-31(14-4-1)49-52-50(32-15-5-2-6-16-32)54-51(53-49)34-26-27-38-39-20-11-19-35(48(39)57-45(38)30-34)33-25-28-40-46(29-33)56-44-24-12-23-43(47(40)44)55-41-21-9-7-17-36(41)37-18-8-10-22-42(37)55/h1-30,49-50,52H,(H,53,54). The Kier molecular flexibility index (Phi) is 7.03. The molecular weight excluding hydrogens is 701 g/mol. The number of rotatable bonds is 5. The van der Waals surface area contributed by atoms with E-state index in [0.29, 0.717) is 0 Å². The third-order valence-electron chi connectivity index (χ3n) is 11.5. The van der Waals surface area contributed by atoms with Crippen molar-refractivity contribution < 1.29 is 8.83 Å². The van der Waals surface area contributed by atoms with Crippen LogP contribution in [0.5, 0.6) is 0 Å². The molecule has 3 aromatic heterocycles. The van der Waals surface area contributed by atoms with Gasteiger partial charge in [-0.3, -0.25) is 5.32 Å². The molecule has 0 saturated heterocycles. The van der Waals surface area contributed by atoms with E-state index >= 15 is 0 Å². The molecule has 6 nitrogen and oxygen atoms in total. The molecule has 0 bridgehead atoms. The van der Waals surface area contributed by atoms with Crippen LogP contribution in [0.1, 0.15) is 29.0 Å². The average molecular weight is 735 g/mol. The second kappa shape index (κ2) is 12.6. The second-order valence-corrected chi connectivity index (χ2v) is 14.8. The average Bonchev–Trinajstić information content (AvgIpc) is 3.96. The van der Waals surface area contributed by atoms with Gasteiger partial charge in [0.2, 0.25) is 0 Å². The zero-order valence-electron chi connectivity index (χ0n) is 30.7. The molecule has 12 rings (SSSR count). The number of aliphatic imine (C=N–C) groups is 1. The van der Waals surface area contributed by atoms with E-state index in [4.69, 9.17) is 13.8 Å². The molecule has 0 radical (unpaired) electrons. The zero-order valence-corrected chi connectivity index (χ0v) is 30.7. The lowest BCUT2D eigenvalue weighted by Gasteiger charge is -2.32. The van der Waals surface area contributed by atoms with Crippen molar-refractivity contribution in [1.29, 1.82) is 0 Å². The minimum Gasteiger partial charge on any atom is -0.456 e. The van der Waals surface area contributed by atoms with Crippen LogP contribution >= 0.6 is 0 Å². The Morgan fingerprint density at radius 1 is 0.474 bits per heavy atom. The molecule has 270 valence electrons. The predicted octanol–water partition coefficient (Wildman–Crippen LogP) is 12.6. The first-order chi connectivity index (χ1) is 28.2. The molecule has 57 heavy (non-hydrogen) atoms. The highest BCUT2D eigenvalue weighted by molar-refractivity contribution is 6.16. The molecule has 1 aliphatic rings. The molecule has 2 unspecified atom stereocenters. The third-order valence-corrected chi connectivity index (χ3v) is 11.5. The highest BCUT2D eigenvalue weighted by atomic mass is 16.3. The Morgan fingerprint density at radius 3 is 1.89 bits per heavy atom. The highest BCUT2D eigenvalue weighted by Crippen LogP contribution is 2.42. The number of para-hydroxylation sites is 3. The number of hydrogen-bond acceptors (Lipinski definition) is 5. The van der Waals surface area contributed by atoms with Crippen molar-refractivity contribution >= 4 is 71.5 Å². The van der Waals surface area contributed by atoms with Gasteiger partial charge in [-0.1, -0.05) is 133 Å². The minimum atomic E-state index is -0.211. The molecule has 11 aromatic rings. The van der Waals surface area contributed by atoms with Crippen LogP contribution in [0, 0.1) is 0 Å². The first kappa shape index (κ1) is 31.9. The number of hydrogen-bond donors (Lipinski definition) is 2. The molecule has 0 spiro atoms. The van der Waals surface area contributed by atoms with Gasteiger partial charge in [-0.25, -0.2) is 4.99 Å². The summed E-state index contributed by atoms with van der Waals surface area (Å²) in [6, 6.07) is 63.7. The van der Waals surface area contributed by atoms with Crippen LogP contribution in [0.3, 0.4) is 0 Å². The maximum Gasteiger partial charge on any atom is 0.143 e. The molecule has 0 amide bonds. The second-order valence-electron chi connectivity index (χ2n) is 14.8. The van der Waals surface area contributed by atoms with E-state index < -0.39 is 0 Å². The van der Waals surface area contributed by atoms with Crippen molar-refractivity contribution in [3.8, 4) is 16.8 Å². The normalized spacial score (nSPS) is 15.9. The van der Waals surface area contributed by atoms with Crippen LogP contribution in [-0.4, -0.2) is 10.4 Å². The van der Waals surface area contributed by atoms with Crippen LogP contribution < -0.4 is 10.6 Å². The molecule has 0 saturated carbocycles. The molecule has 2 atom stereocenters. The SMILES string of the molecule is c1ccc(C2N=C(c3ccc4c(c3)oc3c(-c5ccc6c(c5)oc5cccc(-n7c8ccccc8c8ccccc87)c56)cccc34)NC(c3ccccc3)N2)cc1. The summed E-state index contributed by atoms with van der Waals surface area (Å²) < 4.78 is 15.8. The maximum absolute atomic E-state index is 6.78. The Hall–Kier alpha value is -7.41. The van der Waals surface area contributed by atoms with Crippen molar-refractivity contribution in [1.82, 2.24) is 15.2 Å². The van der Waals surface area contributed by atoms with Gasteiger partial charge >= 0.3 is 0 Å². The monoisotopic (exact) mass is 734 g/mol. The Labute approximate surface area is 327 Å². The highest BCUT2D eigenvalue weighted by Gasteiger charge is 2.26. The summed E-state index contributed by atoms with van der Waals surface area (Å²) in [5.41, 5.74) is 12.1. The molecule has 2 N–H and O–H groups in total. The van der Waals surface area contributed by atoms with E-state index in [1.807, 2.05) is 12.1 Å². The van der Waals surface area contributed by atoms with Crippen LogP contribution in [0.15, 0.2) is 196 Å². The summed E-state index contributed by atoms with van der Waals surface area (Å²) in [6.45, 7) is 0. The quantitative estimate of drug-likeness (QED) is 0.185. The number of aromatic nitrogens is 1. The van der Waals surface area contributed by atoms with E-state index in [0.717, 1.165) is 83.2 Å². The number of benzene rings is 8. The molecule has 8 aromatic carbocycles. The first-order valence-corrected chi connectivity index (χ1v) is 19.4. The van der Waals surface area contributed by atoms with E-state index in [1.54, 1.807) is 0 Å². The Bertz CT molecular complexity index is 3320. The largest absolute Gasteiger partial charge is 0.456 e. The van der Waals surface area contributed by atoms with Crippen LogP contribution in [0.2, 0.25) is 0 Å². The van der Waals surface area contributed by atoms with Gasteiger partial charge in [-0.05, 0) is 65.2 Å². The van der Waals surface area contributed by atoms with Gasteiger partial charge in [0.1, 0.15) is 40.5 Å². The number of furan rings is 2. The van der Waals surface area contributed by atoms with Crippen LogP contribution in [0.25, 0.3) is 82.5 Å². The lowest BCUT2D eigenvalue weighted by Crippen LogP contribution is -2.44. The fraction of sp³-hybridized carbons (Fsp3) is 0.0392. The van der Waals surface area contributed by atoms with Gasteiger partial charge in [-0.15, -0.1) is 0 Å². The van der Waals surface area contributed by atoms with Crippen molar-refractivity contribution in [2.45, 2.75) is 12.3 Å². The number of fused-ring (bicyclic) bond motifs is 9. The fourth-order valence-electron chi connectivity index (χ4n) is 8.84. The van der Waals surface area contributed by atoms with Crippen LogP contribution in [-0.2, 0) is 0 Å². The number of nitrogens with one attached hydrogen (secondary N) is 2. The lowest BCUT2D eigenvalue weighted by molar-refractivity contribution is 0.409. The summed E-state index contributed by atoms with van der Waals surface area (Å²) in [6.07, 6.45) is -0.329. The summed E-state index contributed by atoms with van der Waals surface area (Å²) >= 11 is 0. The van der Waals surface area contributed by atoms with Gasteiger partial charge in [-0.2, -0.15) is 0 Å². The minimum absolute atomic E-state index is 0.118. The van der Waals surface area contributed by atoms with Crippen LogP contribution in [0.4, 0.5) is 0 Å². The maximum atomic E-state index is 6.78. The van der Waals surface area contributed by atoms with E-state index in [-0.39, 0.29) is 12.3 Å². The summed E-state index contributed by atoms with van der Waals surface area (Å²) in [5.74, 6) is 0.814. The lowest BCUT2D eigenvalue weighted by atomic mass is 10.0. The van der Waals surface area contributed by atoms with Gasteiger partial charge in [0.25, 0.3) is 0 Å². The topological polar surface area (TPSA) is 67.6 Å². The molecule has 6 heteroatoms. The van der Waals surface area contributed by atoms with Gasteiger partial charge in [0, 0.05) is 38.1 Å². The summed E-state index contributed by atoms with van der Waals surface area (Å²) in [5, 5.41) is 14.1. The molecular formula is C51H34N4O2. The molecule has 0 fully saturated rings. The Balaban J connectivity index is 0.961. The molecule has 4 heterocycles. The third kappa shape index (κ3) is 5.04. The predicted molar refractivity (Wildman–Crippen MR) is 232 cm³/mol. The summed E-state index contributed by atoms with van der Waals surface area (Å²) in [4.78, 5) is 5.16. The van der Waals surface area contributed by atoms with E-state index in [2.05, 4.69) is 185 Å². The summed E-state index contributed by atoms with van der Waals surface area (Å²) in [7, 11) is 0. The number of nitrogens with zero attached hydrogens (tertiary/aromatic N) is 2. The molecule has 1 aliphatic heterocycles. The van der Waals surface area contributed by atoms with Crippen molar-refractivity contribution in [3.63, 3.8) is 0 Å². The van der Waals surface area contributed by atoms with Gasteiger partial charge in [0.05, 0.1) is 22.1 Å². The molecule has 0 aliphatic carbocycles. The van der Waals surface area contributed by atoms with E-state index in [9.17, 15) is 0 Å². The number of amidine groups is 1. The zero-order chi connectivity index (χ0) is 37.5. The van der Waals surface area contributed by atoms with E-state index in [1.165, 1.54) is 21.8 Å². The van der Waals surface area contributed by atoms with Gasteiger partial charge in [0.15, 0.2) is 0 Å². The Morgan fingerprint density at radius 2 is 1.11 bits per heavy atom. The first-order valence-electron chi connectivity index (χ1n) is 19.4. The van der Waals surface area contributed by atoms with Gasteiger partial charge < -0.3 is 18.7 Å². The van der Waals surface area contributed by atoms with Crippen molar-refractivity contribution in [2.24, 2.45) is 4.99 Å². The van der Waals surface area contributed by atoms with Crippen molar-refractivity contribution in [3.05, 3.63) is 199 Å². The van der Waals surface area contributed by atoms with Crippen molar-refractivity contribution in [2.75, 3.05) is 0 Å².